The second-order valence-electron chi connectivity index (χ2n) is 4.88. The average Bonchev–Trinajstić information content (AvgIpc) is 2.30. The molecule has 1 fully saturated rings. The van der Waals surface area contributed by atoms with E-state index in [1.807, 2.05) is 0 Å². The van der Waals surface area contributed by atoms with Gasteiger partial charge in [0.05, 0.1) is 5.75 Å². The van der Waals surface area contributed by atoms with E-state index in [4.69, 9.17) is 0 Å². The highest BCUT2D eigenvalue weighted by atomic mass is 32.2. The molecule has 1 atom stereocenters. The van der Waals surface area contributed by atoms with Crippen molar-refractivity contribution in [1.82, 2.24) is 5.32 Å². The lowest BCUT2D eigenvalue weighted by atomic mass is 9.84. The van der Waals surface area contributed by atoms with Crippen molar-refractivity contribution in [2.75, 3.05) is 18.1 Å². The van der Waals surface area contributed by atoms with Gasteiger partial charge in [0, 0.05) is 18.3 Å². The molecule has 1 rings (SSSR count). The number of sulfone groups is 1. The molecule has 0 aromatic carbocycles. The van der Waals surface area contributed by atoms with Crippen LogP contribution in [0.4, 0.5) is 0 Å². The van der Waals surface area contributed by atoms with Gasteiger partial charge in [-0.15, -0.1) is 0 Å². The third-order valence-electron chi connectivity index (χ3n) is 3.68. The van der Waals surface area contributed by atoms with Gasteiger partial charge in [-0.3, -0.25) is 0 Å². The van der Waals surface area contributed by atoms with E-state index in [1.54, 1.807) is 6.92 Å². The fourth-order valence-electron chi connectivity index (χ4n) is 2.39. The Morgan fingerprint density at radius 1 is 1.25 bits per heavy atom. The zero-order valence-corrected chi connectivity index (χ0v) is 11.4. The monoisotopic (exact) mass is 247 g/mol. The smallest absolute Gasteiger partial charge is 0.151 e. The standard InChI is InChI=1S/C12H25NO2S/c1-3-16(14,15)10-9-13-11(2)12-7-5-4-6-8-12/h11-13H,3-10H2,1-2H3. The Hall–Kier alpha value is -0.0900. The summed E-state index contributed by atoms with van der Waals surface area (Å²) in [5, 5.41) is 3.36. The summed E-state index contributed by atoms with van der Waals surface area (Å²) in [5.41, 5.74) is 0. The first-order valence-corrected chi connectivity index (χ1v) is 8.31. The van der Waals surface area contributed by atoms with Crippen LogP contribution in [0.1, 0.15) is 46.0 Å². The maximum Gasteiger partial charge on any atom is 0.151 e. The topological polar surface area (TPSA) is 46.2 Å². The van der Waals surface area contributed by atoms with Gasteiger partial charge in [-0.05, 0) is 25.7 Å². The van der Waals surface area contributed by atoms with Crippen LogP contribution < -0.4 is 5.32 Å². The first-order chi connectivity index (χ1) is 7.55. The predicted molar refractivity (Wildman–Crippen MR) is 68.4 cm³/mol. The van der Waals surface area contributed by atoms with Gasteiger partial charge in [0.25, 0.3) is 0 Å². The van der Waals surface area contributed by atoms with Crippen LogP contribution in [0.3, 0.4) is 0 Å². The summed E-state index contributed by atoms with van der Waals surface area (Å²) in [7, 11) is -2.81. The van der Waals surface area contributed by atoms with Gasteiger partial charge in [-0.2, -0.15) is 0 Å². The summed E-state index contributed by atoms with van der Waals surface area (Å²) in [6.45, 7) is 4.50. The zero-order chi connectivity index (χ0) is 12.0. The van der Waals surface area contributed by atoms with Gasteiger partial charge in [-0.25, -0.2) is 8.42 Å². The van der Waals surface area contributed by atoms with E-state index in [0.29, 0.717) is 12.6 Å². The Morgan fingerprint density at radius 2 is 1.88 bits per heavy atom. The molecule has 0 radical (unpaired) electrons. The third-order valence-corrected chi connectivity index (χ3v) is 5.38. The van der Waals surface area contributed by atoms with E-state index in [-0.39, 0.29) is 11.5 Å². The second kappa shape index (κ2) is 6.60. The molecule has 1 saturated carbocycles. The van der Waals surface area contributed by atoms with Crippen LogP contribution in [0.15, 0.2) is 0 Å². The van der Waals surface area contributed by atoms with Crippen molar-refractivity contribution in [2.24, 2.45) is 5.92 Å². The Balaban J connectivity index is 2.21. The van der Waals surface area contributed by atoms with Gasteiger partial charge < -0.3 is 5.32 Å². The van der Waals surface area contributed by atoms with Crippen molar-refractivity contribution >= 4 is 9.84 Å². The number of hydrogen-bond donors (Lipinski definition) is 1. The van der Waals surface area contributed by atoms with Crippen molar-refractivity contribution in [3.05, 3.63) is 0 Å². The van der Waals surface area contributed by atoms with Crippen molar-refractivity contribution in [2.45, 2.75) is 52.0 Å². The Kier molecular flexibility index (Phi) is 5.76. The maximum atomic E-state index is 11.3. The van der Waals surface area contributed by atoms with Gasteiger partial charge in [-0.1, -0.05) is 26.2 Å². The lowest BCUT2D eigenvalue weighted by molar-refractivity contribution is 0.285. The molecule has 0 amide bonds. The van der Waals surface area contributed by atoms with E-state index < -0.39 is 9.84 Å². The molecule has 16 heavy (non-hydrogen) atoms. The van der Waals surface area contributed by atoms with Gasteiger partial charge in [0.2, 0.25) is 0 Å². The van der Waals surface area contributed by atoms with Crippen molar-refractivity contribution < 1.29 is 8.42 Å². The minimum atomic E-state index is -2.81. The molecule has 0 aromatic heterocycles. The minimum Gasteiger partial charge on any atom is -0.313 e. The largest absolute Gasteiger partial charge is 0.313 e. The Labute approximate surface area is 99.9 Å². The maximum absolute atomic E-state index is 11.3. The van der Waals surface area contributed by atoms with E-state index >= 15 is 0 Å². The minimum absolute atomic E-state index is 0.256. The van der Waals surface area contributed by atoms with Gasteiger partial charge in [0.15, 0.2) is 9.84 Å². The lowest BCUT2D eigenvalue weighted by Gasteiger charge is -2.28. The normalized spacial score (nSPS) is 20.9. The molecular weight excluding hydrogens is 222 g/mol. The Bertz CT molecular complexity index is 281. The highest BCUT2D eigenvalue weighted by Gasteiger charge is 2.19. The van der Waals surface area contributed by atoms with E-state index in [9.17, 15) is 8.42 Å². The summed E-state index contributed by atoms with van der Waals surface area (Å²) < 4.78 is 22.6. The molecule has 0 heterocycles. The molecule has 0 bridgehead atoms. The summed E-state index contributed by atoms with van der Waals surface area (Å²) in [6, 6.07) is 0.465. The van der Waals surface area contributed by atoms with Crippen molar-refractivity contribution in [3.63, 3.8) is 0 Å². The molecule has 0 spiro atoms. The van der Waals surface area contributed by atoms with Crippen molar-refractivity contribution in [3.8, 4) is 0 Å². The third kappa shape index (κ3) is 4.83. The van der Waals surface area contributed by atoms with Gasteiger partial charge in [0.1, 0.15) is 0 Å². The van der Waals surface area contributed by atoms with Crippen LogP contribution in [0.25, 0.3) is 0 Å². The number of hydrogen-bond acceptors (Lipinski definition) is 3. The van der Waals surface area contributed by atoms with E-state index in [0.717, 1.165) is 5.92 Å². The molecule has 0 aromatic rings. The molecule has 1 aliphatic rings. The molecular formula is C12H25NO2S. The predicted octanol–water partition coefficient (Wildman–Crippen LogP) is 1.98. The number of nitrogens with one attached hydrogen (secondary N) is 1. The zero-order valence-electron chi connectivity index (χ0n) is 10.5. The molecule has 3 nitrogen and oxygen atoms in total. The molecule has 0 saturated heterocycles. The summed E-state index contributed by atoms with van der Waals surface area (Å²) in [4.78, 5) is 0. The van der Waals surface area contributed by atoms with Crippen LogP contribution >= 0.6 is 0 Å². The SMILES string of the molecule is CCS(=O)(=O)CCNC(C)C1CCCCC1. The van der Waals surface area contributed by atoms with Crippen LogP contribution in [0.2, 0.25) is 0 Å². The second-order valence-corrected chi connectivity index (χ2v) is 7.35. The van der Waals surface area contributed by atoms with Gasteiger partial charge >= 0.3 is 0 Å². The molecule has 96 valence electrons. The quantitative estimate of drug-likeness (QED) is 0.780. The molecule has 1 aliphatic carbocycles. The summed E-state index contributed by atoms with van der Waals surface area (Å²) in [6.07, 6.45) is 6.64. The summed E-state index contributed by atoms with van der Waals surface area (Å²) in [5.74, 6) is 1.28. The fourth-order valence-corrected chi connectivity index (χ4v) is 3.10. The lowest BCUT2D eigenvalue weighted by Crippen LogP contribution is -2.37. The fraction of sp³-hybridized carbons (Fsp3) is 1.00. The first kappa shape index (κ1) is 14.0. The Morgan fingerprint density at radius 3 is 2.44 bits per heavy atom. The highest BCUT2D eigenvalue weighted by Crippen LogP contribution is 2.26. The van der Waals surface area contributed by atoms with Crippen LogP contribution in [0, 0.1) is 5.92 Å². The van der Waals surface area contributed by atoms with Crippen molar-refractivity contribution in [1.29, 1.82) is 0 Å². The molecule has 1 N–H and O–H groups in total. The van der Waals surface area contributed by atoms with Crippen LogP contribution in [-0.4, -0.2) is 32.5 Å². The molecule has 0 aliphatic heterocycles. The highest BCUT2D eigenvalue weighted by molar-refractivity contribution is 7.91. The molecule has 1 unspecified atom stereocenters. The first-order valence-electron chi connectivity index (χ1n) is 6.49. The average molecular weight is 247 g/mol. The van der Waals surface area contributed by atoms with Crippen LogP contribution in [0.5, 0.6) is 0 Å². The number of rotatable bonds is 6. The van der Waals surface area contributed by atoms with E-state index in [1.165, 1.54) is 32.1 Å². The van der Waals surface area contributed by atoms with Crippen LogP contribution in [-0.2, 0) is 9.84 Å². The van der Waals surface area contributed by atoms with E-state index in [2.05, 4.69) is 12.2 Å². The molecule has 4 heteroatoms. The summed E-state index contributed by atoms with van der Waals surface area (Å²) >= 11 is 0.